The van der Waals surface area contributed by atoms with Crippen LogP contribution in [-0.2, 0) is 20.1 Å². The number of nitrogens with zero attached hydrogens (tertiary/aromatic N) is 1. The molecule has 3 aromatic heterocycles. The molecule has 41 heavy (non-hydrogen) atoms. The first-order valence-corrected chi connectivity index (χ1v) is 14.3. The molecule has 3 heterocycles. The van der Waals surface area contributed by atoms with Crippen molar-refractivity contribution in [3.05, 3.63) is 150 Å². The van der Waals surface area contributed by atoms with E-state index in [1.807, 2.05) is 0 Å². The summed E-state index contributed by atoms with van der Waals surface area (Å²) in [6, 6.07) is 35.6. The van der Waals surface area contributed by atoms with E-state index in [4.69, 9.17) is 0 Å². The van der Waals surface area contributed by atoms with E-state index in [1.54, 1.807) is 0 Å². The number of rotatable bonds is 4. The number of hydrogen-bond donors (Lipinski definition) is 0. The van der Waals surface area contributed by atoms with E-state index in [-0.39, 0.29) is 42.6 Å². The fraction of sp³-hybridized carbons (Fsp3) is 0. The van der Waals surface area contributed by atoms with Gasteiger partial charge in [-0.15, -0.1) is 48.5 Å². The quantitative estimate of drug-likeness (QED) is 0.129. The Balaban J connectivity index is 0.000000188. The second kappa shape index (κ2) is 14.4. The predicted octanol–water partition coefficient (Wildman–Crippen LogP) is 10.0. The number of hydrogen-bond acceptors (Lipinski definition) is 1. The molecule has 0 aliphatic carbocycles. The molecule has 202 valence electrons. The summed E-state index contributed by atoms with van der Waals surface area (Å²) < 4.78 is 53.4. The van der Waals surface area contributed by atoms with Crippen LogP contribution in [0.25, 0.3) is 44.2 Å². The molecule has 0 radical (unpaired) electrons. The van der Waals surface area contributed by atoms with Crippen LogP contribution < -0.4 is 0 Å². The second-order valence-electron chi connectivity index (χ2n) is 8.52. The second-order valence-corrected chi connectivity index (χ2v) is 10.8. The van der Waals surface area contributed by atoms with E-state index >= 15 is 0 Å². The summed E-state index contributed by atoms with van der Waals surface area (Å²) in [7, 11) is 1.51. The maximum absolute atomic E-state index is 13.8. The summed E-state index contributed by atoms with van der Waals surface area (Å²) in [5, 5.41) is 2.75. The van der Waals surface area contributed by atoms with Crippen molar-refractivity contribution in [2.75, 3.05) is 0 Å². The molecular weight excluding hydrogens is 741 g/mol. The van der Waals surface area contributed by atoms with Crippen molar-refractivity contribution in [1.29, 1.82) is 0 Å². The summed E-state index contributed by atoms with van der Waals surface area (Å²) >= 11 is 0. The third kappa shape index (κ3) is 7.82. The Bertz CT molecular complexity index is 1630. The number of pyridine rings is 1. The molecule has 0 fully saturated rings. The van der Waals surface area contributed by atoms with Gasteiger partial charge in [0.1, 0.15) is 11.6 Å². The van der Waals surface area contributed by atoms with Crippen molar-refractivity contribution < 1.29 is 37.7 Å². The van der Waals surface area contributed by atoms with Crippen molar-refractivity contribution in [1.82, 2.24) is 4.98 Å². The Morgan fingerprint density at radius 1 is 0.561 bits per heavy atom. The van der Waals surface area contributed by atoms with Gasteiger partial charge in [-0.05, 0) is 35.7 Å². The molecule has 2 atom stereocenters. The van der Waals surface area contributed by atoms with Crippen molar-refractivity contribution in [3.8, 4) is 44.2 Å². The smallest absolute Gasteiger partial charge is 0.345 e. The summed E-state index contributed by atoms with van der Waals surface area (Å²) in [6.07, 6.45) is 0. The Labute approximate surface area is 252 Å². The Morgan fingerprint density at radius 3 is 1.44 bits per heavy atom. The number of aromatic nitrogens is 1. The Hall–Kier alpha value is -3.52. The molecule has 0 spiro atoms. The molecule has 8 heteroatoms. The van der Waals surface area contributed by atoms with Gasteiger partial charge in [0.2, 0.25) is 0 Å². The first kappa shape index (κ1) is 30.4. The van der Waals surface area contributed by atoms with Gasteiger partial charge >= 0.3 is 20.1 Å². The van der Waals surface area contributed by atoms with Gasteiger partial charge < -0.3 is 4.98 Å². The van der Waals surface area contributed by atoms with Crippen molar-refractivity contribution in [2.24, 2.45) is 0 Å². The van der Waals surface area contributed by atoms with Gasteiger partial charge in [-0.1, -0.05) is 64.7 Å². The molecule has 0 bridgehead atoms. The fourth-order valence-electron chi connectivity index (χ4n) is 3.90. The minimum atomic E-state index is -0.826. The number of benzene rings is 3. The zero-order valence-electron chi connectivity index (χ0n) is 21.2. The van der Waals surface area contributed by atoms with Crippen LogP contribution in [-0.4, -0.2) is 4.98 Å². The zero-order chi connectivity index (χ0) is 27.9. The molecule has 1 nitrogen and oxygen atoms in total. The summed E-state index contributed by atoms with van der Waals surface area (Å²) in [4.78, 5) is 4.11. The molecule has 0 aliphatic heterocycles. The number of halogens is 4. The van der Waals surface area contributed by atoms with Crippen LogP contribution >= 0.6 is 16.4 Å². The molecule has 0 saturated carbocycles. The van der Waals surface area contributed by atoms with Crippen LogP contribution in [0.4, 0.5) is 17.6 Å². The molecule has 0 N–H and O–H groups in total. The predicted molar refractivity (Wildman–Crippen MR) is 157 cm³/mol. The molecular formula is C33H20F4IrNP2+2. The maximum atomic E-state index is 13.8. The van der Waals surface area contributed by atoms with Crippen LogP contribution in [0.3, 0.4) is 0 Å². The maximum Gasteiger partial charge on any atom is 3.00 e. The van der Waals surface area contributed by atoms with Crippen LogP contribution in [0.15, 0.2) is 109 Å². The van der Waals surface area contributed by atoms with Crippen LogP contribution in [0.5, 0.6) is 0 Å². The minimum absolute atomic E-state index is 0. The van der Waals surface area contributed by atoms with E-state index in [0.29, 0.717) is 12.1 Å². The van der Waals surface area contributed by atoms with E-state index in [1.165, 1.54) is 39.9 Å². The largest absolute Gasteiger partial charge is 3.00 e. The van der Waals surface area contributed by atoms with Gasteiger partial charge in [-0.25, -0.2) is 0 Å². The third-order valence-corrected chi connectivity index (χ3v) is 7.98. The summed E-state index contributed by atoms with van der Waals surface area (Å²) in [5.74, 6) is 1.27. The van der Waals surface area contributed by atoms with E-state index in [2.05, 4.69) is 89.4 Å². The normalized spacial score (nSPS) is 10.6. The molecule has 0 aliphatic rings. The Kier molecular flexibility index (Phi) is 10.7. The average Bonchev–Trinajstić information content (AvgIpc) is 2.99. The van der Waals surface area contributed by atoms with Gasteiger partial charge in [-0.3, -0.25) is 17.6 Å². The fourth-order valence-corrected chi connectivity index (χ4v) is 5.66. The van der Waals surface area contributed by atoms with Gasteiger partial charge in [0.15, 0.2) is 0 Å². The summed E-state index contributed by atoms with van der Waals surface area (Å²) in [6.45, 7) is 0. The third-order valence-electron chi connectivity index (χ3n) is 5.77. The molecule has 0 amide bonds. The van der Waals surface area contributed by atoms with Crippen molar-refractivity contribution >= 4 is 16.4 Å². The van der Waals surface area contributed by atoms with Gasteiger partial charge in [0, 0.05) is 23.3 Å². The molecule has 6 rings (SSSR count). The SMILES string of the molecule is Fc1c[c-]c(-c2cccc(-c3[c-]cc(F)cc3F)n2)c(F)c1.[Ir+3].[c-]1c(-c2cccc[pH+]2)cccc1-c1cccc[pH+]1. The van der Waals surface area contributed by atoms with E-state index in [9.17, 15) is 17.6 Å². The molecule has 6 aromatic rings. The van der Waals surface area contributed by atoms with Crippen LogP contribution in [0.1, 0.15) is 0 Å². The Morgan fingerprint density at radius 2 is 1.02 bits per heavy atom. The van der Waals surface area contributed by atoms with E-state index in [0.717, 1.165) is 28.5 Å². The van der Waals surface area contributed by atoms with Gasteiger partial charge in [0.05, 0.1) is 27.0 Å². The zero-order valence-corrected chi connectivity index (χ0v) is 25.6. The average molecular weight is 761 g/mol. The van der Waals surface area contributed by atoms with Crippen LogP contribution in [0, 0.1) is 41.5 Å². The van der Waals surface area contributed by atoms with Crippen LogP contribution in [0.2, 0.25) is 0 Å². The molecule has 0 saturated heterocycles. The van der Waals surface area contributed by atoms with Gasteiger partial charge in [0.25, 0.3) is 0 Å². The van der Waals surface area contributed by atoms with E-state index < -0.39 is 23.3 Å². The summed E-state index contributed by atoms with van der Waals surface area (Å²) in [5.41, 5.74) is 2.70. The van der Waals surface area contributed by atoms with Crippen molar-refractivity contribution in [2.45, 2.75) is 0 Å². The monoisotopic (exact) mass is 761 g/mol. The first-order valence-electron chi connectivity index (χ1n) is 12.2. The first-order chi connectivity index (χ1) is 19.5. The standard InChI is InChI=1S/C17H7F4N.C16H11P2.Ir/c18-10-4-6-12(14(20)8-10)16-2-1-3-17(22-16)13-7-5-11(19)9-15(13)21;1-3-10-17-15(8-1)13-6-5-7-14(12-13)16-9-2-4-11-18-16;/h1-5,8-9H;1-11H;/q-2;-1;+3/p+2. The molecule has 2 unspecified atom stereocenters. The molecule has 3 aromatic carbocycles. The minimum Gasteiger partial charge on any atom is -0.345 e. The van der Waals surface area contributed by atoms with Gasteiger partial charge in [-0.2, -0.15) is 0 Å². The van der Waals surface area contributed by atoms with Crippen molar-refractivity contribution in [3.63, 3.8) is 0 Å². The topological polar surface area (TPSA) is 12.9 Å².